The zero-order valence-electron chi connectivity index (χ0n) is 9.88. The van der Waals surface area contributed by atoms with Crippen LogP contribution in [0.15, 0.2) is 42.5 Å². The van der Waals surface area contributed by atoms with Gasteiger partial charge in [-0.15, -0.1) is 0 Å². The molecule has 2 rings (SSSR count). The summed E-state index contributed by atoms with van der Waals surface area (Å²) in [6.45, 7) is 0.173. The third-order valence-corrected chi connectivity index (χ3v) is 2.57. The van der Waals surface area contributed by atoms with E-state index in [0.717, 1.165) is 17.7 Å². The molecule has 0 aromatic heterocycles. The number of hydrogen-bond acceptors (Lipinski definition) is 3. The molecule has 0 aliphatic heterocycles. The van der Waals surface area contributed by atoms with Crippen molar-refractivity contribution < 1.29 is 23.6 Å². The molecule has 2 aromatic rings. The van der Waals surface area contributed by atoms with Gasteiger partial charge in [0.05, 0.1) is 0 Å². The Morgan fingerprint density at radius 1 is 0.947 bits per heavy atom. The van der Waals surface area contributed by atoms with Gasteiger partial charge in [-0.3, -0.25) is 0 Å². The highest BCUT2D eigenvalue weighted by Crippen LogP contribution is 2.16. The predicted octanol–water partition coefficient (Wildman–Crippen LogP) is 1.22. The molecular formula is C13H11BF2O3. The van der Waals surface area contributed by atoms with Gasteiger partial charge in [-0.05, 0) is 23.2 Å². The molecule has 2 aromatic carbocycles. The van der Waals surface area contributed by atoms with Gasteiger partial charge in [-0.25, -0.2) is 8.78 Å². The van der Waals surface area contributed by atoms with E-state index in [-0.39, 0.29) is 12.4 Å². The maximum Gasteiger partial charge on any atom is 0.488 e. The van der Waals surface area contributed by atoms with Crippen LogP contribution in [-0.2, 0) is 6.61 Å². The summed E-state index contributed by atoms with van der Waals surface area (Å²) in [4.78, 5) is 0. The molecule has 0 spiro atoms. The van der Waals surface area contributed by atoms with Gasteiger partial charge < -0.3 is 14.8 Å². The van der Waals surface area contributed by atoms with E-state index in [2.05, 4.69) is 0 Å². The van der Waals surface area contributed by atoms with Crippen LogP contribution in [0, 0.1) is 11.6 Å². The monoisotopic (exact) mass is 264 g/mol. The van der Waals surface area contributed by atoms with Crippen LogP contribution in [-0.4, -0.2) is 17.2 Å². The first kappa shape index (κ1) is 13.5. The lowest BCUT2D eigenvalue weighted by Crippen LogP contribution is -2.29. The van der Waals surface area contributed by atoms with E-state index >= 15 is 0 Å². The van der Waals surface area contributed by atoms with Crippen molar-refractivity contribution in [2.75, 3.05) is 0 Å². The first-order chi connectivity index (χ1) is 9.06. The van der Waals surface area contributed by atoms with E-state index in [1.807, 2.05) is 0 Å². The van der Waals surface area contributed by atoms with Crippen LogP contribution in [0.5, 0.6) is 5.75 Å². The lowest BCUT2D eigenvalue weighted by molar-refractivity contribution is 0.303. The molecule has 0 saturated carbocycles. The Kier molecular flexibility index (Phi) is 4.14. The van der Waals surface area contributed by atoms with Crippen molar-refractivity contribution in [1.82, 2.24) is 0 Å². The molecule has 3 nitrogen and oxygen atoms in total. The number of benzene rings is 2. The molecule has 0 heterocycles. The zero-order chi connectivity index (χ0) is 13.8. The summed E-state index contributed by atoms with van der Waals surface area (Å²) in [5.74, 6) is -1.66. The molecule has 0 bridgehead atoms. The minimum atomic E-state index is -1.51. The Morgan fingerprint density at radius 3 is 2.21 bits per heavy atom. The number of halogens is 2. The molecule has 0 aliphatic rings. The van der Waals surface area contributed by atoms with Crippen molar-refractivity contribution in [3.05, 3.63) is 59.7 Å². The maximum absolute atomic E-state index is 12.9. The Labute approximate surface area is 109 Å². The summed E-state index contributed by atoms with van der Waals surface area (Å²) >= 11 is 0. The molecule has 0 amide bonds. The molecule has 0 unspecified atom stereocenters. The van der Waals surface area contributed by atoms with E-state index in [1.165, 1.54) is 6.07 Å². The van der Waals surface area contributed by atoms with Gasteiger partial charge in [0.1, 0.15) is 12.4 Å². The molecule has 98 valence electrons. The molecule has 6 heteroatoms. The third-order valence-electron chi connectivity index (χ3n) is 2.57. The summed E-state index contributed by atoms with van der Waals surface area (Å²) in [6.07, 6.45) is 0. The fourth-order valence-electron chi connectivity index (χ4n) is 1.52. The molecule has 0 aliphatic carbocycles. The average Bonchev–Trinajstić information content (AvgIpc) is 2.40. The van der Waals surface area contributed by atoms with Gasteiger partial charge in [0, 0.05) is 6.07 Å². The Hall–Kier alpha value is -1.92. The van der Waals surface area contributed by atoms with E-state index in [4.69, 9.17) is 14.8 Å². The second-order valence-corrected chi connectivity index (χ2v) is 3.98. The van der Waals surface area contributed by atoms with E-state index in [1.54, 1.807) is 24.3 Å². The van der Waals surface area contributed by atoms with Crippen molar-refractivity contribution in [3.63, 3.8) is 0 Å². The maximum atomic E-state index is 12.9. The first-order valence-corrected chi connectivity index (χ1v) is 5.59. The summed E-state index contributed by atoms with van der Waals surface area (Å²) in [5.41, 5.74) is 1.14. The lowest BCUT2D eigenvalue weighted by Gasteiger charge is -2.07. The fourth-order valence-corrected chi connectivity index (χ4v) is 1.52. The normalized spacial score (nSPS) is 10.3. The minimum absolute atomic E-state index is 0.173. The Morgan fingerprint density at radius 2 is 1.63 bits per heavy atom. The quantitative estimate of drug-likeness (QED) is 0.816. The van der Waals surface area contributed by atoms with Crippen LogP contribution < -0.4 is 10.2 Å². The number of ether oxygens (including phenoxy) is 1. The van der Waals surface area contributed by atoms with Crippen LogP contribution in [0.4, 0.5) is 8.78 Å². The van der Waals surface area contributed by atoms with Crippen LogP contribution in [0.1, 0.15) is 5.56 Å². The smallest absolute Gasteiger partial charge is 0.488 e. The van der Waals surface area contributed by atoms with Gasteiger partial charge in [-0.1, -0.05) is 24.3 Å². The topological polar surface area (TPSA) is 49.7 Å². The molecule has 2 N–H and O–H groups in total. The minimum Gasteiger partial charge on any atom is -0.489 e. The van der Waals surface area contributed by atoms with Gasteiger partial charge in [-0.2, -0.15) is 0 Å². The lowest BCUT2D eigenvalue weighted by atomic mass is 9.80. The van der Waals surface area contributed by atoms with Crippen molar-refractivity contribution in [1.29, 1.82) is 0 Å². The van der Waals surface area contributed by atoms with Crippen molar-refractivity contribution in [3.8, 4) is 5.75 Å². The van der Waals surface area contributed by atoms with Gasteiger partial charge >= 0.3 is 7.12 Å². The zero-order valence-corrected chi connectivity index (χ0v) is 9.88. The predicted molar refractivity (Wildman–Crippen MR) is 67.0 cm³/mol. The molecular weight excluding hydrogens is 253 g/mol. The number of hydrogen-bond donors (Lipinski definition) is 2. The van der Waals surface area contributed by atoms with Gasteiger partial charge in [0.25, 0.3) is 0 Å². The highest BCUT2D eigenvalue weighted by atomic mass is 19.2. The second-order valence-electron chi connectivity index (χ2n) is 3.98. The van der Waals surface area contributed by atoms with E-state index in [9.17, 15) is 8.78 Å². The van der Waals surface area contributed by atoms with Gasteiger partial charge in [0.2, 0.25) is 0 Å². The van der Waals surface area contributed by atoms with Crippen LogP contribution in [0.2, 0.25) is 0 Å². The molecule has 0 fully saturated rings. The Bertz CT molecular complexity index is 558. The third kappa shape index (κ3) is 3.53. The molecule has 19 heavy (non-hydrogen) atoms. The molecule has 0 radical (unpaired) electrons. The summed E-state index contributed by atoms with van der Waals surface area (Å²) in [6, 6.07) is 9.73. The Balaban J connectivity index is 2.00. The molecule has 0 atom stereocenters. The van der Waals surface area contributed by atoms with Gasteiger partial charge in [0.15, 0.2) is 11.6 Å². The highest BCUT2D eigenvalue weighted by Gasteiger charge is 2.09. The highest BCUT2D eigenvalue weighted by molar-refractivity contribution is 6.58. The number of rotatable bonds is 4. The summed E-state index contributed by atoms with van der Waals surface area (Å²) < 4.78 is 30.9. The van der Waals surface area contributed by atoms with E-state index < -0.39 is 18.8 Å². The molecule has 0 saturated heterocycles. The van der Waals surface area contributed by atoms with E-state index in [0.29, 0.717) is 5.46 Å². The average molecular weight is 264 g/mol. The van der Waals surface area contributed by atoms with Crippen molar-refractivity contribution >= 4 is 12.6 Å². The largest absolute Gasteiger partial charge is 0.489 e. The SMILES string of the molecule is OB(O)c1ccc(COc2ccc(F)c(F)c2)cc1. The van der Waals surface area contributed by atoms with Crippen LogP contribution in [0.3, 0.4) is 0 Å². The second kappa shape index (κ2) is 5.82. The van der Waals surface area contributed by atoms with Crippen molar-refractivity contribution in [2.24, 2.45) is 0 Å². The fraction of sp³-hybridized carbons (Fsp3) is 0.0769. The summed E-state index contributed by atoms with van der Waals surface area (Å²) in [7, 11) is -1.51. The summed E-state index contributed by atoms with van der Waals surface area (Å²) in [5, 5.41) is 17.9. The van der Waals surface area contributed by atoms with Crippen LogP contribution >= 0.6 is 0 Å². The standard InChI is InChI=1S/C13H11BF2O3/c15-12-6-5-11(7-13(12)16)19-8-9-1-3-10(4-2-9)14(17)18/h1-7,17-18H,8H2. The van der Waals surface area contributed by atoms with Crippen molar-refractivity contribution in [2.45, 2.75) is 6.61 Å². The first-order valence-electron chi connectivity index (χ1n) is 5.59. The van der Waals surface area contributed by atoms with Crippen LogP contribution in [0.25, 0.3) is 0 Å².